The molecular weight excluding hydrogens is 199 g/mol. The minimum absolute atomic E-state index is 0.0764. The lowest BCUT2D eigenvalue weighted by Crippen LogP contribution is -2.25. The number of para-hydroxylation sites is 1. The van der Waals surface area contributed by atoms with Crippen LogP contribution in [0.2, 0.25) is 0 Å². The molecule has 1 aromatic carbocycles. The third kappa shape index (κ3) is 2.94. The maximum atomic E-state index is 13.2. The average Bonchev–Trinajstić information content (AvgIpc) is 2.10. The molecule has 2 amide bonds. The van der Waals surface area contributed by atoms with Crippen molar-refractivity contribution in [2.75, 3.05) is 5.32 Å². The van der Waals surface area contributed by atoms with E-state index < -0.39 is 11.8 Å². The van der Waals surface area contributed by atoms with Crippen LogP contribution in [-0.4, -0.2) is 12.0 Å². The van der Waals surface area contributed by atoms with Crippen LogP contribution in [0.3, 0.4) is 0 Å². The number of urea groups is 1. The number of nitrogens with two attached hydrogens (primary N) is 2. The fourth-order valence-corrected chi connectivity index (χ4v) is 1.04. The molecule has 0 radical (unpaired) electrons. The van der Waals surface area contributed by atoms with Crippen molar-refractivity contribution >= 4 is 17.7 Å². The van der Waals surface area contributed by atoms with Crippen LogP contribution in [0, 0.1) is 12.7 Å². The molecule has 80 valence electrons. The molecule has 1 rings (SSSR count). The smallest absolute Gasteiger partial charge is 0.348 e. The van der Waals surface area contributed by atoms with Crippen LogP contribution in [0.5, 0.6) is 0 Å². The van der Waals surface area contributed by atoms with E-state index in [-0.39, 0.29) is 11.6 Å². The molecule has 0 aliphatic carbocycles. The Morgan fingerprint density at radius 3 is 2.67 bits per heavy atom. The summed E-state index contributed by atoms with van der Waals surface area (Å²) >= 11 is 0. The van der Waals surface area contributed by atoms with Crippen molar-refractivity contribution in [3.05, 3.63) is 29.6 Å². The van der Waals surface area contributed by atoms with Crippen molar-refractivity contribution in [3.8, 4) is 0 Å². The highest BCUT2D eigenvalue weighted by molar-refractivity contribution is 5.98. The lowest BCUT2D eigenvalue weighted by molar-refractivity contribution is 0.259. The van der Waals surface area contributed by atoms with Crippen LogP contribution in [0.25, 0.3) is 0 Å². The molecule has 0 aromatic heterocycles. The van der Waals surface area contributed by atoms with Crippen molar-refractivity contribution < 1.29 is 9.18 Å². The van der Waals surface area contributed by atoms with Gasteiger partial charge in [-0.25, -0.2) is 9.18 Å². The monoisotopic (exact) mass is 210 g/mol. The Kier molecular flexibility index (Phi) is 3.22. The molecule has 0 unspecified atom stereocenters. The first-order valence-electron chi connectivity index (χ1n) is 4.16. The number of aliphatic imine (C=N–C) groups is 1. The molecule has 0 saturated heterocycles. The molecule has 0 aliphatic heterocycles. The van der Waals surface area contributed by atoms with Gasteiger partial charge in [0.05, 0.1) is 5.69 Å². The fraction of sp³-hybridized carbons (Fsp3) is 0.111. The van der Waals surface area contributed by atoms with E-state index in [2.05, 4.69) is 10.3 Å². The van der Waals surface area contributed by atoms with Gasteiger partial charge >= 0.3 is 6.03 Å². The van der Waals surface area contributed by atoms with Gasteiger partial charge in [0.1, 0.15) is 5.82 Å². The number of benzene rings is 1. The Hall–Kier alpha value is -2.11. The van der Waals surface area contributed by atoms with Crippen LogP contribution in [0.4, 0.5) is 14.9 Å². The van der Waals surface area contributed by atoms with Gasteiger partial charge in [0, 0.05) is 0 Å². The summed E-state index contributed by atoms with van der Waals surface area (Å²) in [6, 6.07) is 3.64. The normalized spacial score (nSPS) is 9.47. The molecule has 0 heterocycles. The highest BCUT2D eigenvalue weighted by Gasteiger charge is 2.08. The van der Waals surface area contributed by atoms with Crippen LogP contribution in [-0.2, 0) is 0 Å². The summed E-state index contributed by atoms with van der Waals surface area (Å²) in [6.45, 7) is 1.66. The molecule has 0 saturated carbocycles. The Morgan fingerprint density at radius 2 is 2.13 bits per heavy atom. The Balaban J connectivity index is 2.90. The predicted octanol–water partition coefficient (Wildman–Crippen LogP) is 0.939. The van der Waals surface area contributed by atoms with Gasteiger partial charge in [-0.3, -0.25) is 0 Å². The molecule has 5 N–H and O–H groups in total. The lowest BCUT2D eigenvalue weighted by atomic mass is 10.2. The molecular formula is C9H11FN4O. The number of carbonyl (C=O) groups excluding carboxylic acids is 1. The molecule has 0 bridgehead atoms. The molecule has 0 fully saturated rings. The van der Waals surface area contributed by atoms with E-state index in [1.54, 1.807) is 19.1 Å². The molecule has 0 aliphatic rings. The van der Waals surface area contributed by atoms with Gasteiger partial charge in [0.25, 0.3) is 0 Å². The third-order valence-electron chi connectivity index (χ3n) is 1.68. The number of hydrogen-bond donors (Lipinski definition) is 3. The summed E-state index contributed by atoms with van der Waals surface area (Å²) in [4.78, 5) is 14.3. The van der Waals surface area contributed by atoms with Gasteiger partial charge < -0.3 is 16.8 Å². The molecule has 0 spiro atoms. The largest absolute Gasteiger partial charge is 0.370 e. The van der Waals surface area contributed by atoms with Gasteiger partial charge in [0.2, 0.25) is 0 Å². The molecule has 15 heavy (non-hydrogen) atoms. The van der Waals surface area contributed by atoms with Crippen molar-refractivity contribution in [1.82, 2.24) is 0 Å². The number of nitrogens with zero attached hydrogens (tertiary/aromatic N) is 1. The zero-order chi connectivity index (χ0) is 11.4. The number of rotatable bonds is 1. The standard InChI is InChI=1S/C9H11FN4O/c1-5-3-2-4-6(10)7(5)13-9(15)14-8(11)12/h2-4H,1H3,(H5,11,12,13,14,15). The number of carbonyl (C=O) groups is 1. The van der Waals surface area contributed by atoms with Crippen LogP contribution < -0.4 is 16.8 Å². The Labute approximate surface area is 86.0 Å². The zero-order valence-electron chi connectivity index (χ0n) is 8.12. The average molecular weight is 210 g/mol. The van der Waals surface area contributed by atoms with E-state index in [0.29, 0.717) is 5.56 Å². The summed E-state index contributed by atoms with van der Waals surface area (Å²) in [7, 11) is 0. The van der Waals surface area contributed by atoms with Gasteiger partial charge in [-0.2, -0.15) is 4.99 Å². The summed E-state index contributed by atoms with van der Waals surface area (Å²) in [5, 5.41) is 2.25. The van der Waals surface area contributed by atoms with Gasteiger partial charge in [-0.05, 0) is 18.6 Å². The van der Waals surface area contributed by atoms with Crippen LogP contribution in [0.1, 0.15) is 5.56 Å². The molecule has 6 heteroatoms. The second-order valence-electron chi connectivity index (χ2n) is 2.90. The maximum Gasteiger partial charge on any atom is 0.348 e. The van der Waals surface area contributed by atoms with Gasteiger partial charge in [-0.1, -0.05) is 12.1 Å². The lowest BCUT2D eigenvalue weighted by Gasteiger charge is -2.06. The number of amides is 2. The van der Waals surface area contributed by atoms with Crippen molar-refractivity contribution in [2.24, 2.45) is 16.5 Å². The van der Waals surface area contributed by atoms with E-state index in [1.807, 2.05) is 0 Å². The predicted molar refractivity (Wildman–Crippen MR) is 56.0 cm³/mol. The number of aryl methyl sites for hydroxylation is 1. The summed E-state index contributed by atoms with van der Waals surface area (Å²) < 4.78 is 13.2. The number of hydrogen-bond acceptors (Lipinski definition) is 1. The second-order valence-corrected chi connectivity index (χ2v) is 2.90. The van der Waals surface area contributed by atoms with Crippen molar-refractivity contribution in [2.45, 2.75) is 6.92 Å². The van der Waals surface area contributed by atoms with Gasteiger partial charge in [-0.15, -0.1) is 0 Å². The fourth-order valence-electron chi connectivity index (χ4n) is 1.04. The highest BCUT2D eigenvalue weighted by Crippen LogP contribution is 2.18. The summed E-state index contributed by atoms with van der Waals surface area (Å²) in [5.74, 6) is -0.907. The van der Waals surface area contributed by atoms with E-state index in [9.17, 15) is 9.18 Å². The molecule has 0 atom stereocenters. The minimum Gasteiger partial charge on any atom is -0.370 e. The number of halogens is 1. The van der Waals surface area contributed by atoms with E-state index >= 15 is 0 Å². The van der Waals surface area contributed by atoms with Crippen molar-refractivity contribution in [1.29, 1.82) is 0 Å². The van der Waals surface area contributed by atoms with E-state index in [0.717, 1.165) is 0 Å². The summed E-state index contributed by atoms with van der Waals surface area (Å²) in [6.07, 6.45) is 0. The van der Waals surface area contributed by atoms with E-state index in [1.165, 1.54) is 6.07 Å². The number of guanidine groups is 1. The third-order valence-corrected chi connectivity index (χ3v) is 1.68. The Morgan fingerprint density at radius 1 is 1.47 bits per heavy atom. The van der Waals surface area contributed by atoms with Crippen LogP contribution in [0.15, 0.2) is 23.2 Å². The SMILES string of the molecule is Cc1cccc(F)c1NC(=O)N=C(N)N. The first-order chi connectivity index (χ1) is 7.00. The minimum atomic E-state index is -0.803. The topological polar surface area (TPSA) is 93.5 Å². The van der Waals surface area contributed by atoms with E-state index in [4.69, 9.17) is 11.5 Å². The summed E-state index contributed by atoms with van der Waals surface area (Å²) in [5.41, 5.74) is 10.7. The maximum absolute atomic E-state index is 13.2. The number of anilines is 1. The highest BCUT2D eigenvalue weighted by atomic mass is 19.1. The zero-order valence-corrected chi connectivity index (χ0v) is 8.12. The molecule has 1 aromatic rings. The second kappa shape index (κ2) is 4.41. The Bertz CT molecular complexity index is 392. The quantitative estimate of drug-likeness (QED) is 0.475. The first-order valence-corrected chi connectivity index (χ1v) is 4.16. The molecule has 5 nitrogen and oxygen atoms in total. The first kappa shape index (κ1) is 11.0. The van der Waals surface area contributed by atoms with Gasteiger partial charge in [0.15, 0.2) is 5.96 Å². The van der Waals surface area contributed by atoms with Crippen LogP contribution >= 0.6 is 0 Å². The number of nitrogens with one attached hydrogen (secondary N) is 1. The van der Waals surface area contributed by atoms with Crippen molar-refractivity contribution in [3.63, 3.8) is 0 Å².